The second kappa shape index (κ2) is 7.36. The predicted molar refractivity (Wildman–Crippen MR) is 128 cm³/mol. The molecule has 0 fully saturated rings. The lowest BCUT2D eigenvalue weighted by molar-refractivity contribution is 0.0889. The van der Waals surface area contributed by atoms with Crippen LogP contribution < -0.4 is 4.72 Å². The SMILES string of the molecule is CC(C)(C)c1[nH]n2nc(-c3ccc(NS(C)(=O)=O)cc3)nc2c1C1C(=O)c2ccccc2C1=O. The van der Waals surface area contributed by atoms with E-state index in [0.717, 1.165) is 11.9 Å². The number of Topliss-reactive ketones (excluding diaryl/α,β-unsaturated/α-hetero) is 2. The Hall–Kier alpha value is -3.79. The lowest BCUT2D eigenvalue weighted by Crippen LogP contribution is -2.21. The van der Waals surface area contributed by atoms with Crippen LogP contribution in [-0.4, -0.2) is 46.1 Å². The lowest BCUT2D eigenvalue weighted by Gasteiger charge is -2.20. The zero-order chi connectivity index (χ0) is 24.4. The Kier molecular flexibility index (Phi) is 4.77. The van der Waals surface area contributed by atoms with Crippen LogP contribution in [0.15, 0.2) is 48.5 Å². The summed E-state index contributed by atoms with van der Waals surface area (Å²) in [6.45, 7) is 5.98. The average Bonchev–Trinajstić information content (AvgIpc) is 3.38. The molecule has 2 aromatic heterocycles. The smallest absolute Gasteiger partial charge is 0.229 e. The van der Waals surface area contributed by atoms with Crippen molar-refractivity contribution in [2.24, 2.45) is 0 Å². The second-order valence-electron chi connectivity index (χ2n) is 9.48. The summed E-state index contributed by atoms with van der Waals surface area (Å²) >= 11 is 0. The van der Waals surface area contributed by atoms with Crippen molar-refractivity contribution in [1.82, 2.24) is 19.8 Å². The summed E-state index contributed by atoms with van der Waals surface area (Å²) in [5.41, 5.74) is 3.20. The van der Waals surface area contributed by atoms with Gasteiger partial charge in [-0.05, 0) is 24.3 Å². The molecule has 0 saturated heterocycles. The fourth-order valence-corrected chi connectivity index (χ4v) is 4.88. The van der Waals surface area contributed by atoms with Crippen LogP contribution in [0.3, 0.4) is 0 Å². The molecule has 2 heterocycles. The molecule has 0 radical (unpaired) electrons. The Balaban J connectivity index is 1.62. The van der Waals surface area contributed by atoms with Crippen molar-refractivity contribution in [2.45, 2.75) is 32.1 Å². The van der Waals surface area contributed by atoms with E-state index in [1.54, 1.807) is 48.5 Å². The number of nitrogens with one attached hydrogen (secondary N) is 2. The fraction of sp³-hybridized carbons (Fsp3) is 0.250. The number of benzene rings is 2. The van der Waals surface area contributed by atoms with E-state index in [0.29, 0.717) is 39.4 Å². The first-order chi connectivity index (χ1) is 15.9. The number of nitrogens with zero attached hydrogens (tertiary/aromatic N) is 3. The van der Waals surface area contributed by atoms with Gasteiger partial charge >= 0.3 is 0 Å². The highest BCUT2D eigenvalue weighted by atomic mass is 32.2. The molecule has 5 rings (SSSR count). The van der Waals surface area contributed by atoms with Gasteiger partial charge in [0.2, 0.25) is 10.0 Å². The minimum Gasteiger partial charge on any atom is -0.293 e. The summed E-state index contributed by atoms with van der Waals surface area (Å²) in [7, 11) is -3.39. The number of aromatic amines is 1. The number of carbonyl (C=O) groups excluding carboxylic acids is 2. The van der Waals surface area contributed by atoms with Gasteiger partial charge < -0.3 is 0 Å². The Morgan fingerprint density at radius 3 is 2.09 bits per heavy atom. The molecule has 1 aliphatic rings. The van der Waals surface area contributed by atoms with Crippen LogP contribution in [0.4, 0.5) is 5.69 Å². The van der Waals surface area contributed by atoms with E-state index in [-0.39, 0.29) is 11.6 Å². The average molecular weight is 478 g/mol. The second-order valence-corrected chi connectivity index (χ2v) is 11.2. The third-order valence-corrected chi connectivity index (χ3v) is 6.41. The molecule has 9 nitrogen and oxygen atoms in total. The molecule has 0 bridgehead atoms. The molecule has 0 amide bonds. The van der Waals surface area contributed by atoms with Crippen molar-refractivity contribution in [3.8, 4) is 11.4 Å². The van der Waals surface area contributed by atoms with E-state index in [2.05, 4.69) is 19.9 Å². The minimum absolute atomic E-state index is 0.242. The summed E-state index contributed by atoms with van der Waals surface area (Å²) in [6.07, 6.45) is 1.08. The number of hydrogen-bond donors (Lipinski definition) is 2. The van der Waals surface area contributed by atoms with Crippen molar-refractivity contribution in [1.29, 1.82) is 0 Å². The molecule has 0 unspecified atom stereocenters. The fourth-order valence-electron chi connectivity index (χ4n) is 4.32. The Labute approximate surface area is 196 Å². The number of H-pyrrole nitrogens is 1. The molecule has 4 aromatic rings. The van der Waals surface area contributed by atoms with Crippen LogP contribution in [0.5, 0.6) is 0 Å². The maximum atomic E-state index is 13.3. The van der Waals surface area contributed by atoms with Gasteiger partial charge in [0, 0.05) is 39.1 Å². The first-order valence-corrected chi connectivity index (χ1v) is 12.6. The van der Waals surface area contributed by atoms with Crippen LogP contribution >= 0.6 is 0 Å². The number of hydrogen-bond acceptors (Lipinski definition) is 6. The van der Waals surface area contributed by atoms with Gasteiger partial charge in [-0.3, -0.25) is 19.4 Å². The molecular weight excluding hydrogens is 454 g/mol. The third-order valence-electron chi connectivity index (χ3n) is 5.80. The zero-order valence-corrected chi connectivity index (χ0v) is 19.9. The van der Waals surface area contributed by atoms with E-state index in [4.69, 9.17) is 0 Å². The summed E-state index contributed by atoms with van der Waals surface area (Å²) in [4.78, 5) is 31.3. The summed E-state index contributed by atoms with van der Waals surface area (Å²) in [6, 6.07) is 13.5. The maximum absolute atomic E-state index is 13.3. The van der Waals surface area contributed by atoms with E-state index in [1.807, 2.05) is 20.8 Å². The molecule has 2 aromatic carbocycles. The minimum atomic E-state index is -3.39. The van der Waals surface area contributed by atoms with E-state index >= 15 is 0 Å². The van der Waals surface area contributed by atoms with Crippen LogP contribution in [0.2, 0.25) is 0 Å². The normalized spacial score (nSPS) is 14.7. The molecule has 34 heavy (non-hydrogen) atoms. The van der Waals surface area contributed by atoms with Gasteiger partial charge in [-0.25, -0.2) is 13.4 Å². The first-order valence-electron chi connectivity index (χ1n) is 10.7. The van der Waals surface area contributed by atoms with Crippen molar-refractivity contribution < 1.29 is 18.0 Å². The number of aromatic nitrogens is 4. The zero-order valence-electron chi connectivity index (χ0n) is 19.1. The standard InChI is InChI=1S/C24H23N5O4S/c1-24(2,3)21-18(17-19(30)15-7-5-6-8-16(15)20(17)31)23-25-22(27-29(23)26-21)13-9-11-14(12-10-13)28-34(4,32)33/h5-12,17,26,28H,1-4H3. The van der Waals surface area contributed by atoms with E-state index in [9.17, 15) is 18.0 Å². The van der Waals surface area contributed by atoms with Crippen LogP contribution in [-0.2, 0) is 15.4 Å². The summed E-state index contributed by atoms with van der Waals surface area (Å²) < 4.78 is 26.8. The molecule has 0 spiro atoms. The molecular formula is C24H23N5O4S. The molecule has 10 heteroatoms. The third kappa shape index (κ3) is 3.60. The topological polar surface area (TPSA) is 126 Å². The van der Waals surface area contributed by atoms with Crippen LogP contribution in [0.25, 0.3) is 17.0 Å². The van der Waals surface area contributed by atoms with Crippen molar-refractivity contribution in [3.63, 3.8) is 0 Å². The van der Waals surface area contributed by atoms with Crippen molar-refractivity contribution >= 4 is 32.9 Å². The Morgan fingerprint density at radius 2 is 1.56 bits per heavy atom. The lowest BCUT2D eigenvalue weighted by atomic mass is 9.83. The monoisotopic (exact) mass is 477 g/mol. The number of anilines is 1. The van der Waals surface area contributed by atoms with Gasteiger partial charge in [0.05, 0.1) is 6.26 Å². The highest BCUT2D eigenvalue weighted by Crippen LogP contribution is 2.40. The highest BCUT2D eigenvalue weighted by molar-refractivity contribution is 7.92. The molecule has 0 aliphatic heterocycles. The Morgan fingerprint density at radius 1 is 0.971 bits per heavy atom. The molecule has 0 saturated carbocycles. The number of rotatable bonds is 4. The number of carbonyl (C=O) groups is 2. The van der Waals surface area contributed by atoms with Gasteiger partial charge in [0.15, 0.2) is 23.0 Å². The quantitative estimate of drug-likeness (QED) is 0.433. The Bertz CT molecular complexity index is 1540. The van der Waals surface area contributed by atoms with Crippen LogP contribution in [0.1, 0.15) is 58.7 Å². The van der Waals surface area contributed by atoms with Gasteiger partial charge in [-0.1, -0.05) is 45.0 Å². The maximum Gasteiger partial charge on any atom is 0.229 e. The highest BCUT2D eigenvalue weighted by Gasteiger charge is 2.44. The number of ketones is 2. The van der Waals surface area contributed by atoms with Gasteiger partial charge in [0.1, 0.15) is 5.92 Å². The summed E-state index contributed by atoms with van der Waals surface area (Å²) in [5.74, 6) is -1.09. The molecule has 2 N–H and O–H groups in total. The van der Waals surface area contributed by atoms with Crippen molar-refractivity contribution in [3.05, 3.63) is 70.9 Å². The largest absolute Gasteiger partial charge is 0.293 e. The van der Waals surface area contributed by atoms with E-state index in [1.165, 1.54) is 4.63 Å². The van der Waals surface area contributed by atoms with E-state index < -0.39 is 21.4 Å². The van der Waals surface area contributed by atoms with Gasteiger partial charge in [0.25, 0.3) is 0 Å². The van der Waals surface area contributed by atoms with Gasteiger partial charge in [-0.2, -0.15) is 4.63 Å². The number of fused-ring (bicyclic) bond motifs is 2. The molecule has 1 aliphatic carbocycles. The summed E-state index contributed by atoms with van der Waals surface area (Å²) in [5, 5.41) is 7.77. The molecule has 0 atom stereocenters. The van der Waals surface area contributed by atoms with Gasteiger partial charge in [-0.15, -0.1) is 5.10 Å². The van der Waals surface area contributed by atoms with Crippen molar-refractivity contribution in [2.75, 3.05) is 11.0 Å². The number of sulfonamides is 1. The predicted octanol–water partition coefficient (Wildman–Crippen LogP) is 3.56. The first kappa shape index (κ1) is 22.0. The molecule has 174 valence electrons. The van der Waals surface area contributed by atoms with Crippen LogP contribution in [0, 0.1) is 0 Å².